The molecule has 5 fully saturated rings. The Labute approximate surface area is 181 Å². The number of nitrogens with one attached hydrogen (secondary N) is 2. The summed E-state index contributed by atoms with van der Waals surface area (Å²) in [6.07, 6.45) is 9.08. The standard InChI is InChI=1S/C24H30F2N4O/c25-24(26)4-7-29(8-5-24)15-19-20-3-1-2-6-30(20)21(27-19)22(31)28-23-12-16-9-17(13-23)11-18(10-16)14-23/h1-3,6,16-18H,4-5,7-15H2,(H,28,31)/p+1. The summed E-state index contributed by atoms with van der Waals surface area (Å²) in [5.41, 5.74) is 1.81. The van der Waals surface area contributed by atoms with Crippen molar-refractivity contribution in [1.82, 2.24) is 15.2 Å². The van der Waals surface area contributed by atoms with Gasteiger partial charge in [-0.15, -0.1) is 0 Å². The molecule has 4 aliphatic carbocycles. The minimum absolute atomic E-state index is 0.0421. The van der Waals surface area contributed by atoms with Gasteiger partial charge in [0.15, 0.2) is 11.2 Å². The maximum absolute atomic E-state index is 13.5. The van der Waals surface area contributed by atoms with Gasteiger partial charge in [-0.3, -0.25) is 9.69 Å². The second-order valence-electron chi connectivity index (χ2n) is 10.7. The van der Waals surface area contributed by atoms with Crippen LogP contribution in [0.2, 0.25) is 0 Å². The highest BCUT2D eigenvalue weighted by molar-refractivity contribution is 5.90. The number of amides is 1. The van der Waals surface area contributed by atoms with Crippen molar-refractivity contribution in [3.05, 3.63) is 35.9 Å². The van der Waals surface area contributed by atoms with E-state index in [0.29, 0.717) is 25.5 Å². The molecule has 0 unspecified atom stereocenters. The fourth-order valence-corrected chi connectivity index (χ4v) is 7.26. The van der Waals surface area contributed by atoms with Gasteiger partial charge in [0, 0.05) is 31.5 Å². The first kappa shape index (κ1) is 19.6. The van der Waals surface area contributed by atoms with Gasteiger partial charge in [-0.2, -0.15) is 4.40 Å². The lowest BCUT2D eigenvalue weighted by molar-refractivity contribution is -0.514. The average Bonchev–Trinajstić information content (AvgIpc) is 3.07. The number of piperidine rings is 1. The third kappa shape index (κ3) is 3.55. The van der Waals surface area contributed by atoms with Gasteiger partial charge in [0.2, 0.25) is 0 Å². The molecule has 5 nitrogen and oxygen atoms in total. The number of pyridine rings is 1. The SMILES string of the molecule is O=C(NC12CC3CC(CC(C3)C1)C2)c1[nH]c(CN2CCC(F)(F)CC2)c2cccc[n+]12. The van der Waals surface area contributed by atoms with Gasteiger partial charge in [-0.1, -0.05) is 6.07 Å². The highest BCUT2D eigenvalue weighted by Crippen LogP contribution is 2.55. The Bertz CT molecular complexity index is 971. The second kappa shape index (κ2) is 6.99. The van der Waals surface area contributed by atoms with E-state index < -0.39 is 5.92 Å². The summed E-state index contributed by atoms with van der Waals surface area (Å²) >= 11 is 0. The Morgan fingerprint density at radius 1 is 1.10 bits per heavy atom. The number of rotatable bonds is 4. The fraction of sp³-hybridized carbons (Fsp3) is 0.667. The molecule has 31 heavy (non-hydrogen) atoms. The molecule has 4 bridgehead atoms. The van der Waals surface area contributed by atoms with Crippen molar-refractivity contribution in [3.8, 4) is 0 Å². The molecule has 0 radical (unpaired) electrons. The summed E-state index contributed by atoms with van der Waals surface area (Å²) < 4.78 is 29.0. The van der Waals surface area contributed by atoms with Gasteiger partial charge in [-0.25, -0.2) is 13.8 Å². The van der Waals surface area contributed by atoms with E-state index in [4.69, 9.17) is 0 Å². The van der Waals surface area contributed by atoms with E-state index in [2.05, 4.69) is 15.2 Å². The Hall–Kier alpha value is -2.02. The minimum Gasteiger partial charge on any atom is -0.340 e. The van der Waals surface area contributed by atoms with Crippen molar-refractivity contribution < 1.29 is 18.0 Å². The van der Waals surface area contributed by atoms with Crippen molar-refractivity contribution in [2.24, 2.45) is 17.8 Å². The zero-order chi connectivity index (χ0) is 21.2. The smallest absolute Gasteiger partial charge is 0.340 e. The summed E-state index contributed by atoms with van der Waals surface area (Å²) in [5, 5.41) is 3.46. The molecular weight excluding hydrogens is 398 g/mol. The third-order valence-corrected chi connectivity index (χ3v) is 8.28. The van der Waals surface area contributed by atoms with Crippen LogP contribution in [-0.4, -0.2) is 40.3 Å². The lowest BCUT2D eigenvalue weighted by atomic mass is 9.53. The van der Waals surface area contributed by atoms with Crippen LogP contribution in [0.25, 0.3) is 5.52 Å². The predicted molar refractivity (Wildman–Crippen MR) is 112 cm³/mol. The van der Waals surface area contributed by atoms with Crippen LogP contribution in [0.15, 0.2) is 24.4 Å². The van der Waals surface area contributed by atoms with E-state index in [1.165, 1.54) is 19.3 Å². The maximum atomic E-state index is 13.5. The highest BCUT2D eigenvalue weighted by atomic mass is 19.3. The number of halogens is 2. The number of likely N-dealkylation sites (tertiary alicyclic amines) is 1. The lowest BCUT2D eigenvalue weighted by Gasteiger charge is -2.56. The number of H-pyrrole nitrogens is 1. The molecular formula is C24H31F2N4O+. The number of hydrogen-bond donors (Lipinski definition) is 2. The van der Waals surface area contributed by atoms with Crippen molar-refractivity contribution >= 4 is 11.4 Å². The number of aromatic amines is 1. The molecule has 166 valence electrons. The first-order valence-corrected chi connectivity index (χ1v) is 11.8. The Morgan fingerprint density at radius 3 is 2.39 bits per heavy atom. The van der Waals surface area contributed by atoms with E-state index in [1.54, 1.807) is 0 Å². The van der Waals surface area contributed by atoms with Crippen LogP contribution in [-0.2, 0) is 6.54 Å². The van der Waals surface area contributed by atoms with E-state index >= 15 is 0 Å². The zero-order valence-electron chi connectivity index (χ0n) is 17.9. The fourth-order valence-electron chi connectivity index (χ4n) is 7.26. The van der Waals surface area contributed by atoms with Crippen LogP contribution < -0.4 is 9.72 Å². The zero-order valence-corrected chi connectivity index (χ0v) is 17.9. The first-order valence-electron chi connectivity index (χ1n) is 11.8. The van der Waals surface area contributed by atoms with E-state index in [1.807, 2.05) is 28.8 Å². The minimum atomic E-state index is -2.55. The summed E-state index contributed by atoms with van der Waals surface area (Å²) in [6.45, 7) is 1.30. The lowest BCUT2D eigenvalue weighted by Crippen LogP contribution is -2.60. The molecule has 0 aromatic carbocycles. The van der Waals surface area contributed by atoms with Crippen molar-refractivity contribution in [1.29, 1.82) is 0 Å². The number of aromatic nitrogens is 2. The Kier molecular flexibility index (Phi) is 4.43. The number of carbonyl (C=O) groups is 1. The number of imidazole rings is 1. The third-order valence-electron chi connectivity index (χ3n) is 8.28. The van der Waals surface area contributed by atoms with Gasteiger partial charge in [0.1, 0.15) is 0 Å². The van der Waals surface area contributed by atoms with Gasteiger partial charge < -0.3 is 5.32 Å². The molecule has 1 amide bonds. The highest BCUT2D eigenvalue weighted by Gasteiger charge is 2.52. The number of alkyl halides is 2. The van der Waals surface area contributed by atoms with Crippen molar-refractivity contribution in [2.45, 2.75) is 69.4 Å². The molecule has 2 N–H and O–H groups in total. The van der Waals surface area contributed by atoms with Gasteiger partial charge in [0.05, 0.1) is 12.7 Å². The molecule has 1 saturated heterocycles. The molecule has 2 aromatic heterocycles. The van der Waals surface area contributed by atoms with Crippen molar-refractivity contribution in [2.75, 3.05) is 13.1 Å². The average molecular weight is 430 g/mol. The number of hydrogen-bond acceptors (Lipinski definition) is 2. The summed E-state index contributed by atoms with van der Waals surface area (Å²) in [7, 11) is 0. The van der Waals surface area contributed by atoms with Crippen LogP contribution in [0.1, 0.15) is 67.7 Å². The Balaban J connectivity index is 1.25. The molecule has 4 saturated carbocycles. The van der Waals surface area contributed by atoms with Gasteiger partial charge in [0.25, 0.3) is 5.92 Å². The van der Waals surface area contributed by atoms with Gasteiger partial charge >= 0.3 is 11.7 Å². The molecule has 1 aliphatic heterocycles. The van der Waals surface area contributed by atoms with E-state index in [-0.39, 0.29) is 24.3 Å². The van der Waals surface area contributed by atoms with Gasteiger partial charge in [-0.05, 0) is 68.4 Å². The second-order valence-corrected chi connectivity index (χ2v) is 10.7. The normalized spacial score (nSPS) is 34.3. The molecule has 0 spiro atoms. The molecule has 7 heteroatoms. The molecule has 0 atom stereocenters. The van der Waals surface area contributed by atoms with Crippen LogP contribution in [0.5, 0.6) is 0 Å². The topological polar surface area (TPSA) is 52.2 Å². The van der Waals surface area contributed by atoms with E-state index in [9.17, 15) is 13.6 Å². The maximum Gasteiger partial charge on any atom is 0.351 e. The summed E-state index contributed by atoms with van der Waals surface area (Å²) in [5.74, 6) is 0.266. The largest absolute Gasteiger partial charge is 0.351 e. The number of carbonyl (C=O) groups excluding carboxylic acids is 1. The monoisotopic (exact) mass is 429 g/mol. The van der Waals surface area contributed by atoms with E-state index in [0.717, 1.165) is 48.2 Å². The summed E-state index contributed by atoms with van der Waals surface area (Å²) in [4.78, 5) is 18.9. The van der Waals surface area contributed by atoms with Crippen LogP contribution in [0.3, 0.4) is 0 Å². The summed E-state index contributed by atoms with van der Waals surface area (Å²) in [6, 6.07) is 5.87. The molecule has 2 aromatic rings. The Morgan fingerprint density at radius 2 is 1.74 bits per heavy atom. The molecule has 7 rings (SSSR count). The molecule has 3 heterocycles. The van der Waals surface area contributed by atoms with Crippen LogP contribution in [0.4, 0.5) is 8.78 Å². The number of fused-ring (bicyclic) bond motifs is 1. The first-order chi connectivity index (χ1) is 14.9. The molecule has 5 aliphatic rings. The quantitative estimate of drug-likeness (QED) is 0.729. The van der Waals surface area contributed by atoms with Crippen molar-refractivity contribution in [3.63, 3.8) is 0 Å². The van der Waals surface area contributed by atoms with Crippen LogP contribution >= 0.6 is 0 Å². The predicted octanol–water partition coefficient (Wildman–Crippen LogP) is 3.68. The van der Waals surface area contributed by atoms with Crippen LogP contribution in [0, 0.1) is 17.8 Å². The number of nitrogens with zero attached hydrogens (tertiary/aromatic N) is 2.